The van der Waals surface area contributed by atoms with Gasteiger partial charge in [0.25, 0.3) is 0 Å². The number of rotatable bonds is 5. The second kappa shape index (κ2) is 7.36. The van der Waals surface area contributed by atoms with Gasteiger partial charge in [0.2, 0.25) is 0 Å². The van der Waals surface area contributed by atoms with Crippen molar-refractivity contribution in [3.63, 3.8) is 0 Å². The van der Waals surface area contributed by atoms with Crippen molar-refractivity contribution in [3.8, 4) is 0 Å². The molecule has 3 aromatic rings. The Balaban J connectivity index is 1.55. The fourth-order valence-corrected chi connectivity index (χ4v) is 2.75. The Morgan fingerprint density at radius 2 is 2.04 bits per heavy atom. The van der Waals surface area contributed by atoms with Crippen LogP contribution in [0.25, 0.3) is 10.8 Å². The molecule has 1 heterocycles. The number of nitrogens with zero attached hydrogens (tertiary/aromatic N) is 2. The number of halogens is 1. The van der Waals surface area contributed by atoms with Gasteiger partial charge in [-0.05, 0) is 17.4 Å². The number of fused-ring (bicyclic) bond motifs is 1. The number of anilines is 1. The highest BCUT2D eigenvalue weighted by Gasteiger charge is 2.09. The van der Waals surface area contributed by atoms with E-state index in [2.05, 4.69) is 15.7 Å². The smallest absolute Gasteiger partial charge is 0.319 e. The Bertz CT molecular complexity index is 840. The van der Waals surface area contributed by atoms with Gasteiger partial charge in [-0.15, -0.1) is 0 Å². The van der Waals surface area contributed by atoms with E-state index < -0.39 is 0 Å². The van der Waals surface area contributed by atoms with Gasteiger partial charge in [0.05, 0.1) is 16.9 Å². The summed E-state index contributed by atoms with van der Waals surface area (Å²) in [5.74, 6) is 0.235. The normalized spacial score (nSPS) is 12.1. The Hall–Kier alpha value is -2.53. The second-order valence-electron chi connectivity index (χ2n) is 5.85. The number of carbonyl (C=O) groups excluding carboxylic acids is 1. The summed E-state index contributed by atoms with van der Waals surface area (Å²) in [6, 6.07) is 13.6. The SMILES string of the molecule is CC(CNC(=O)Nc1cccc2ccccc12)Cn1cc(Cl)cn1. The zero-order chi connectivity index (χ0) is 16.9. The Morgan fingerprint density at radius 1 is 1.25 bits per heavy atom. The highest BCUT2D eigenvalue weighted by atomic mass is 35.5. The zero-order valence-electron chi connectivity index (χ0n) is 13.4. The minimum atomic E-state index is -0.211. The summed E-state index contributed by atoms with van der Waals surface area (Å²) in [4.78, 5) is 12.2. The number of hydrogen-bond donors (Lipinski definition) is 2. The van der Waals surface area contributed by atoms with E-state index in [0.717, 1.165) is 16.5 Å². The van der Waals surface area contributed by atoms with Crippen molar-refractivity contribution in [1.82, 2.24) is 15.1 Å². The first-order chi connectivity index (χ1) is 11.6. The number of aromatic nitrogens is 2. The number of carbonyl (C=O) groups is 1. The van der Waals surface area contributed by atoms with Gasteiger partial charge in [-0.1, -0.05) is 54.9 Å². The van der Waals surface area contributed by atoms with E-state index in [1.807, 2.05) is 49.4 Å². The van der Waals surface area contributed by atoms with Crippen LogP contribution in [0.1, 0.15) is 6.92 Å². The van der Waals surface area contributed by atoms with Crippen molar-refractivity contribution < 1.29 is 4.79 Å². The molecular formula is C18H19ClN4O. The molecule has 6 heteroatoms. The number of amides is 2. The van der Waals surface area contributed by atoms with Crippen LogP contribution in [-0.2, 0) is 6.54 Å². The van der Waals surface area contributed by atoms with Crippen LogP contribution in [-0.4, -0.2) is 22.4 Å². The lowest BCUT2D eigenvalue weighted by atomic mass is 10.1. The van der Waals surface area contributed by atoms with Crippen LogP contribution >= 0.6 is 11.6 Å². The maximum Gasteiger partial charge on any atom is 0.319 e. The van der Waals surface area contributed by atoms with E-state index in [1.165, 1.54) is 0 Å². The van der Waals surface area contributed by atoms with Gasteiger partial charge in [-0.3, -0.25) is 4.68 Å². The van der Waals surface area contributed by atoms with E-state index >= 15 is 0 Å². The fourth-order valence-electron chi connectivity index (χ4n) is 2.59. The summed E-state index contributed by atoms with van der Waals surface area (Å²) in [6.45, 7) is 3.29. The van der Waals surface area contributed by atoms with E-state index in [4.69, 9.17) is 11.6 Å². The largest absolute Gasteiger partial charge is 0.338 e. The van der Waals surface area contributed by atoms with Gasteiger partial charge in [0.1, 0.15) is 0 Å². The highest BCUT2D eigenvalue weighted by Crippen LogP contribution is 2.22. The molecule has 5 nitrogen and oxygen atoms in total. The van der Waals surface area contributed by atoms with Crippen molar-refractivity contribution in [2.45, 2.75) is 13.5 Å². The van der Waals surface area contributed by atoms with E-state index in [-0.39, 0.29) is 11.9 Å². The first-order valence-electron chi connectivity index (χ1n) is 7.82. The van der Waals surface area contributed by atoms with E-state index in [9.17, 15) is 4.79 Å². The van der Waals surface area contributed by atoms with Crippen LogP contribution in [0.2, 0.25) is 5.02 Å². The molecule has 0 saturated carbocycles. The summed E-state index contributed by atoms with van der Waals surface area (Å²) in [5, 5.41) is 12.7. The summed E-state index contributed by atoms with van der Waals surface area (Å²) >= 11 is 5.85. The molecule has 0 fully saturated rings. The molecule has 1 aromatic heterocycles. The van der Waals surface area contributed by atoms with Crippen molar-refractivity contribution >= 4 is 34.1 Å². The van der Waals surface area contributed by atoms with Crippen molar-refractivity contribution in [1.29, 1.82) is 0 Å². The van der Waals surface area contributed by atoms with Crippen LogP contribution in [0, 0.1) is 5.92 Å². The molecule has 0 spiro atoms. The van der Waals surface area contributed by atoms with Crippen molar-refractivity contribution in [2.24, 2.45) is 5.92 Å². The highest BCUT2D eigenvalue weighted by molar-refractivity contribution is 6.30. The summed E-state index contributed by atoms with van der Waals surface area (Å²) in [6.07, 6.45) is 3.38. The van der Waals surface area contributed by atoms with Gasteiger partial charge in [0, 0.05) is 24.7 Å². The quantitative estimate of drug-likeness (QED) is 0.731. The maximum atomic E-state index is 12.2. The molecule has 0 radical (unpaired) electrons. The fraction of sp³-hybridized carbons (Fsp3) is 0.222. The maximum absolute atomic E-state index is 12.2. The first-order valence-corrected chi connectivity index (χ1v) is 8.20. The third-order valence-electron chi connectivity index (χ3n) is 3.75. The van der Waals surface area contributed by atoms with Crippen molar-refractivity contribution in [2.75, 3.05) is 11.9 Å². The number of benzene rings is 2. The summed E-state index contributed by atoms with van der Waals surface area (Å²) in [5.41, 5.74) is 0.803. The Kier molecular flexibility index (Phi) is 5.01. The molecule has 3 rings (SSSR count). The lowest BCUT2D eigenvalue weighted by molar-refractivity contribution is 0.249. The molecule has 0 aliphatic heterocycles. The van der Waals surface area contributed by atoms with E-state index in [0.29, 0.717) is 18.1 Å². The lowest BCUT2D eigenvalue weighted by Crippen LogP contribution is -2.33. The standard InChI is InChI=1S/C18H19ClN4O/c1-13(11-23-12-15(19)10-21-23)9-20-18(24)22-17-8-4-6-14-5-2-3-7-16(14)17/h2-8,10,12-13H,9,11H2,1H3,(H2,20,22,24). The zero-order valence-corrected chi connectivity index (χ0v) is 14.1. The molecule has 0 bridgehead atoms. The molecule has 24 heavy (non-hydrogen) atoms. The van der Waals surface area contributed by atoms with Crippen molar-refractivity contribution in [3.05, 3.63) is 59.9 Å². The minimum absolute atomic E-state index is 0.211. The van der Waals surface area contributed by atoms with Crippen LogP contribution in [0.5, 0.6) is 0 Å². The Morgan fingerprint density at radius 3 is 2.83 bits per heavy atom. The molecule has 0 aliphatic carbocycles. The van der Waals surface area contributed by atoms with Crippen LogP contribution in [0.15, 0.2) is 54.9 Å². The first kappa shape index (κ1) is 16.3. The minimum Gasteiger partial charge on any atom is -0.338 e. The van der Waals surface area contributed by atoms with Gasteiger partial charge in [-0.25, -0.2) is 4.79 Å². The molecular weight excluding hydrogens is 324 g/mol. The topological polar surface area (TPSA) is 59.0 Å². The van der Waals surface area contributed by atoms with Gasteiger partial charge < -0.3 is 10.6 Å². The molecule has 0 saturated heterocycles. The van der Waals surface area contributed by atoms with Crippen LogP contribution < -0.4 is 10.6 Å². The molecule has 2 amide bonds. The number of hydrogen-bond acceptors (Lipinski definition) is 2. The van der Waals surface area contributed by atoms with Crippen LogP contribution in [0.3, 0.4) is 0 Å². The van der Waals surface area contributed by atoms with E-state index in [1.54, 1.807) is 17.1 Å². The predicted octanol–water partition coefficient (Wildman–Crippen LogP) is 4.15. The van der Waals surface area contributed by atoms with Crippen LogP contribution in [0.4, 0.5) is 10.5 Å². The molecule has 1 unspecified atom stereocenters. The third kappa shape index (κ3) is 4.06. The average molecular weight is 343 g/mol. The van der Waals surface area contributed by atoms with Gasteiger partial charge in [0.15, 0.2) is 0 Å². The Labute approximate surface area is 145 Å². The second-order valence-corrected chi connectivity index (χ2v) is 6.28. The number of nitrogens with one attached hydrogen (secondary N) is 2. The third-order valence-corrected chi connectivity index (χ3v) is 3.94. The van der Waals surface area contributed by atoms with Gasteiger partial charge in [-0.2, -0.15) is 5.10 Å². The monoisotopic (exact) mass is 342 g/mol. The summed E-state index contributed by atoms with van der Waals surface area (Å²) < 4.78 is 1.78. The molecule has 2 aromatic carbocycles. The predicted molar refractivity (Wildman–Crippen MR) is 97.4 cm³/mol. The summed E-state index contributed by atoms with van der Waals surface area (Å²) in [7, 11) is 0. The number of urea groups is 1. The molecule has 2 N–H and O–H groups in total. The lowest BCUT2D eigenvalue weighted by Gasteiger charge is -2.14. The average Bonchev–Trinajstić information content (AvgIpc) is 2.98. The van der Waals surface area contributed by atoms with Gasteiger partial charge >= 0.3 is 6.03 Å². The molecule has 1 atom stereocenters. The molecule has 0 aliphatic rings. The molecule has 124 valence electrons.